The molecule has 0 saturated carbocycles. The van der Waals surface area contributed by atoms with E-state index in [0.29, 0.717) is 0 Å². The lowest BCUT2D eigenvalue weighted by atomic mass is 10.2. The number of benzene rings is 1. The average molecular weight is 261 g/mol. The minimum absolute atomic E-state index is 0.719. The van der Waals surface area contributed by atoms with Crippen LogP contribution in [0.25, 0.3) is 0 Å². The number of hydrogen-bond acceptors (Lipinski definition) is 4. The largest absolute Gasteiger partial charge is 0.497 e. The molecule has 1 N–H and O–H groups in total. The van der Waals surface area contributed by atoms with Gasteiger partial charge in [0.2, 0.25) is 0 Å². The van der Waals surface area contributed by atoms with Crippen molar-refractivity contribution in [2.24, 2.45) is 0 Å². The fourth-order valence-corrected chi connectivity index (χ4v) is 1.78. The maximum Gasteiger partial charge on any atom is 0.124 e. The highest BCUT2D eigenvalue weighted by Gasteiger charge is 2.02. The number of aromatic nitrogens is 2. The molecule has 5 heteroatoms. The lowest BCUT2D eigenvalue weighted by molar-refractivity contribution is 0.394. The Balaban J connectivity index is 2.05. The molecule has 0 spiro atoms. The molecule has 0 aliphatic rings. The molecule has 0 fully saturated rings. The summed E-state index contributed by atoms with van der Waals surface area (Å²) in [5.74, 6) is 1.54. The first kappa shape index (κ1) is 13.3. The van der Waals surface area contributed by atoms with Gasteiger partial charge in [0.1, 0.15) is 11.5 Å². The maximum atomic E-state index is 5.23. The molecule has 2 aromatic rings. The summed E-state index contributed by atoms with van der Waals surface area (Å²) in [6, 6.07) is 5.72. The van der Waals surface area contributed by atoms with E-state index in [-0.39, 0.29) is 0 Å². The molecule has 0 aliphatic carbocycles. The van der Waals surface area contributed by atoms with Gasteiger partial charge in [0.05, 0.1) is 20.4 Å². The van der Waals surface area contributed by atoms with Gasteiger partial charge in [0, 0.05) is 48.7 Å². The predicted octanol–water partition coefficient (Wildman–Crippen LogP) is 2.53. The van der Waals surface area contributed by atoms with Gasteiger partial charge in [-0.2, -0.15) is 5.10 Å². The molecule has 0 saturated heterocycles. The minimum Gasteiger partial charge on any atom is -0.497 e. The van der Waals surface area contributed by atoms with Crippen LogP contribution in [0.15, 0.2) is 30.6 Å². The summed E-state index contributed by atoms with van der Waals surface area (Å²) in [6.45, 7) is 3.67. The van der Waals surface area contributed by atoms with Crippen LogP contribution in [0.5, 0.6) is 11.5 Å². The van der Waals surface area contributed by atoms with E-state index < -0.39 is 0 Å². The monoisotopic (exact) mass is 261 g/mol. The Kier molecular flexibility index (Phi) is 4.28. The van der Waals surface area contributed by atoms with Crippen LogP contribution in [0.3, 0.4) is 0 Å². The van der Waals surface area contributed by atoms with E-state index in [2.05, 4.69) is 17.3 Å². The third-order valence-electron chi connectivity index (χ3n) is 2.86. The Bertz CT molecular complexity index is 515. The van der Waals surface area contributed by atoms with Crippen molar-refractivity contribution < 1.29 is 9.47 Å². The number of hydrogen-bond donors (Lipinski definition) is 1. The number of anilines is 1. The summed E-state index contributed by atoms with van der Waals surface area (Å²) in [7, 11) is 3.29. The maximum absolute atomic E-state index is 5.23. The van der Waals surface area contributed by atoms with E-state index in [4.69, 9.17) is 9.47 Å². The second-order valence-electron chi connectivity index (χ2n) is 4.16. The van der Waals surface area contributed by atoms with E-state index in [0.717, 1.165) is 35.8 Å². The second kappa shape index (κ2) is 6.13. The van der Waals surface area contributed by atoms with Gasteiger partial charge in [-0.15, -0.1) is 0 Å². The molecular formula is C14H19N3O2. The second-order valence-corrected chi connectivity index (χ2v) is 4.16. The lowest BCUT2D eigenvalue weighted by Crippen LogP contribution is -1.99. The molecule has 2 rings (SSSR count). The minimum atomic E-state index is 0.719. The van der Waals surface area contributed by atoms with E-state index in [1.54, 1.807) is 14.2 Å². The summed E-state index contributed by atoms with van der Waals surface area (Å²) < 4.78 is 12.4. The normalized spacial score (nSPS) is 10.3. The first-order valence-corrected chi connectivity index (χ1v) is 6.23. The van der Waals surface area contributed by atoms with E-state index in [1.807, 2.05) is 35.3 Å². The zero-order chi connectivity index (χ0) is 13.7. The standard InChI is InChI=1S/C14H19N3O2/c1-4-17-10-11(9-16-17)8-15-12-5-13(18-2)7-14(6-12)19-3/h5-7,9-10,15H,4,8H2,1-3H3. The predicted molar refractivity (Wildman–Crippen MR) is 74.8 cm³/mol. The van der Waals surface area contributed by atoms with Gasteiger partial charge in [-0.05, 0) is 6.92 Å². The summed E-state index contributed by atoms with van der Waals surface area (Å²) in [4.78, 5) is 0. The smallest absolute Gasteiger partial charge is 0.124 e. The van der Waals surface area contributed by atoms with Gasteiger partial charge in [-0.25, -0.2) is 0 Å². The van der Waals surface area contributed by atoms with Gasteiger partial charge in [0.25, 0.3) is 0 Å². The molecular weight excluding hydrogens is 242 g/mol. The van der Waals surface area contributed by atoms with E-state index in [1.165, 1.54) is 0 Å². The Morgan fingerprint density at radius 2 is 1.84 bits per heavy atom. The molecule has 0 atom stereocenters. The van der Waals surface area contributed by atoms with Gasteiger partial charge in [-0.3, -0.25) is 4.68 Å². The van der Waals surface area contributed by atoms with Crippen molar-refractivity contribution in [3.8, 4) is 11.5 Å². The van der Waals surface area contributed by atoms with Crippen LogP contribution in [-0.2, 0) is 13.1 Å². The molecule has 5 nitrogen and oxygen atoms in total. The van der Waals surface area contributed by atoms with Crippen LogP contribution in [0.1, 0.15) is 12.5 Å². The number of nitrogens with zero attached hydrogens (tertiary/aromatic N) is 2. The molecule has 1 aromatic heterocycles. The molecule has 1 heterocycles. The van der Waals surface area contributed by atoms with Crippen molar-refractivity contribution in [3.05, 3.63) is 36.2 Å². The van der Waals surface area contributed by atoms with Crippen LogP contribution in [0.2, 0.25) is 0 Å². The molecule has 0 bridgehead atoms. The van der Waals surface area contributed by atoms with Gasteiger partial charge in [0.15, 0.2) is 0 Å². The topological polar surface area (TPSA) is 48.3 Å². The number of nitrogens with one attached hydrogen (secondary N) is 1. The molecule has 102 valence electrons. The van der Waals surface area contributed by atoms with Crippen molar-refractivity contribution in [2.75, 3.05) is 19.5 Å². The quantitative estimate of drug-likeness (QED) is 0.868. The summed E-state index contributed by atoms with van der Waals surface area (Å²) in [5, 5.41) is 7.58. The van der Waals surface area contributed by atoms with Crippen molar-refractivity contribution >= 4 is 5.69 Å². The number of methoxy groups -OCH3 is 2. The summed E-state index contributed by atoms with van der Waals surface area (Å²) >= 11 is 0. The van der Waals surface area contributed by atoms with E-state index in [9.17, 15) is 0 Å². The van der Waals surface area contributed by atoms with Gasteiger partial charge >= 0.3 is 0 Å². The van der Waals surface area contributed by atoms with Gasteiger partial charge in [-0.1, -0.05) is 0 Å². The van der Waals surface area contributed by atoms with Crippen molar-refractivity contribution in [2.45, 2.75) is 20.0 Å². The molecule has 0 radical (unpaired) electrons. The van der Waals surface area contributed by atoms with Crippen LogP contribution in [0.4, 0.5) is 5.69 Å². The summed E-state index contributed by atoms with van der Waals surface area (Å²) in [5.41, 5.74) is 2.10. The lowest BCUT2D eigenvalue weighted by Gasteiger charge is -2.09. The fourth-order valence-electron chi connectivity index (χ4n) is 1.78. The number of aryl methyl sites for hydroxylation is 1. The highest BCUT2D eigenvalue weighted by Crippen LogP contribution is 2.26. The molecule has 0 unspecified atom stereocenters. The Morgan fingerprint density at radius 1 is 1.16 bits per heavy atom. The average Bonchev–Trinajstić information content (AvgIpc) is 2.92. The van der Waals surface area contributed by atoms with Crippen molar-refractivity contribution in [3.63, 3.8) is 0 Å². The van der Waals surface area contributed by atoms with Crippen LogP contribution in [0, 0.1) is 0 Å². The molecule has 0 aliphatic heterocycles. The third kappa shape index (κ3) is 3.40. The van der Waals surface area contributed by atoms with Crippen molar-refractivity contribution in [1.82, 2.24) is 9.78 Å². The van der Waals surface area contributed by atoms with Crippen LogP contribution < -0.4 is 14.8 Å². The Labute approximate surface area is 113 Å². The molecule has 19 heavy (non-hydrogen) atoms. The highest BCUT2D eigenvalue weighted by molar-refractivity contribution is 5.53. The zero-order valence-electron chi connectivity index (χ0n) is 11.5. The first-order chi connectivity index (χ1) is 9.25. The van der Waals surface area contributed by atoms with Crippen LogP contribution >= 0.6 is 0 Å². The fraction of sp³-hybridized carbons (Fsp3) is 0.357. The number of rotatable bonds is 6. The zero-order valence-corrected chi connectivity index (χ0v) is 11.5. The van der Waals surface area contributed by atoms with Crippen LogP contribution in [-0.4, -0.2) is 24.0 Å². The Morgan fingerprint density at radius 3 is 2.37 bits per heavy atom. The highest BCUT2D eigenvalue weighted by atomic mass is 16.5. The molecule has 1 aromatic carbocycles. The molecule has 0 amide bonds. The number of ether oxygens (including phenoxy) is 2. The first-order valence-electron chi connectivity index (χ1n) is 6.23. The van der Waals surface area contributed by atoms with Gasteiger partial charge < -0.3 is 14.8 Å². The van der Waals surface area contributed by atoms with Crippen molar-refractivity contribution in [1.29, 1.82) is 0 Å². The third-order valence-corrected chi connectivity index (χ3v) is 2.86. The van der Waals surface area contributed by atoms with E-state index >= 15 is 0 Å². The Hall–Kier alpha value is -2.17. The summed E-state index contributed by atoms with van der Waals surface area (Å²) in [6.07, 6.45) is 3.90. The SMILES string of the molecule is CCn1cc(CNc2cc(OC)cc(OC)c2)cn1.